The van der Waals surface area contributed by atoms with Crippen LogP contribution in [0.4, 0.5) is 0 Å². The van der Waals surface area contributed by atoms with Gasteiger partial charge in [-0.3, -0.25) is 0 Å². The molecule has 1 N–H and O–H groups in total. The first-order valence-corrected chi connectivity index (χ1v) is 8.24. The Hall–Kier alpha value is 0.140. The zero-order valence-electron chi connectivity index (χ0n) is 9.94. The highest BCUT2D eigenvalue weighted by atomic mass is 79.9. The molecule has 0 aromatic carbocycles. The number of hydrogen-bond donors (Lipinski definition) is 1. The van der Waals surface area contributed by atoms with Crippen LogP contribution in [0.5, 0.6) is 0 Å². The van der Waals surface area contributed by atoms with Crippen molar-refractivity contribution in [2.45, 2.75) is 44.6 Å². The van der Waals surface area contributed by atoms with Crippen molar-refractivity contribution in [2.75, 3.05) is 0 Å². The molecule has 3 heteroatoms. The van der Waals surface area contributed by atoms with Crippen LogP contribution in [0.2, 0.25) is 0 Å². The molecule has 1 aromatic rings. The highest BCUT2D eigenvalue weighted by Crippen LogP contribution is 2.50. The fraction of sp³-hybridized carbons (Fsp3) is 0.714. The van der Waals surface area contributed by atoms with Crippen LogP contribution in [-0.4, -0.2) is 11.2 Å². The molecule has 4 atom stereocenters. The minimum atomic E-state index is -0.134. The summed E-state index contributed by atoms with van der Waals surface area (Å²) in [6, 6.07) is 4.20. The third kappa shape index (κ3) is 2.77. The number of aliphatic hydroxyl groups is 1. The molecule has 2 fully saturated rings. The number of fused-ring (bicyclic) bond motifs is 2. The number of thiophene rings is 1. The van der Waals surface area contributed by atoms with Crippen molar-refractivity contribution in [3.05, 3.63) is 20.8 Å². The lowest BCUT2D eigenvalue weighted by atomic mass is 9.84. The average molecular weight is 315 g/mol. The zero-order valence-corrected chi connectivity index (χ0v) is 12.3. The van der Waals surface area contributed by atoms with Crippen molar-refractivity contribution >= 4 is 27.3 Å². The fourth-order valence-corrected chi connectivity index (χ4v) is 5.35. The predicted molar refractivity (Wildman–Crippen MR) is 75.3 cm³/mol. The predicted octanol–water partition coefficient (Wildman–Crippen LogP) is 4.24. The van der Waals surface area contributed by atoms with Crippen molar-refractivity contribution < 1.29 is 5.11 Å². The Morgan fingerprint density at radius 1 is 1.35 bits per heavy atom. The smallest absolute Gasteiger partial charge is 0.0701 e. The molecule has 2 bridgehead atoms. The Morgan fingerprint density at radius 3 is 2.82 bits per heavy atom. The highest BCUT2D eigenvalue weighted by Gasteiger charge is 2.39. The van der Waals surface area contributed by atoms with Gasteiger partial charge in [0, 0.05) is 11.3 Å². The number of hydrogen-bond acceptors (Lipinski definition) is 2. The molecule has 3 rings (SSSR count). The van der Waals surface area contributed by atoms with E-state index in [4.69, 9.17) is 0 Å². The Morgan fingerprint density at radius 2 is 2.24 bits per heavy atom. The summed E-state index contributed by atoms with van der Waals surface area (Å²) in [5.41, 5.74) is 0. The quantitative estimate of drug-likeness (QED) is 0.881. The van der Waals surface area contributed by atoms with E-state index in [1.54, 1.807) is 11.3 Å². The van der Waals surface area contributed by atoms with E-state index >= 15 is 0 Å². The zero-order chi connectivity index (χ0) is 11.8. The second-order valence-electron chi connectivity index (χ2n) is 5.73. The van der Waals surface area contributed by atoms with Crippen LogP contribution in [0.25, 0.3) is 0 Å². The van der Waals surface area contributed by atoms with E-state index in [0.29, 0.717) is 0 Å². The van der Waals surface area contributed by atoms with Gasteiger partial charge in [0.25, 0.3) is 0 Å². The van der Waals surface area contributed by atoms with Gasteiger partial charge in [0.15, 0.2) is 0 Å². The molecule has 0 amide bonds. The molecular formula is C14H19BrOS. The Bertz CT molecular complexity index is 389. The van der Waals surface area contributed by atoms with Crippen LogP contribution >= 0.6 is 27.3 Å². The fourth-order valence-electron chi connectivity index (χ4n) is 3.79. The maximum atomic E-state index is 10.2. The summed E-state index contributed by atoms with van der Waals surface area (Å²) < 4.78 is 1.17. The van der Waals surface area contributed by atoms with Gasteiger partial charge < -0.3 is 5.11 Å². The van der Waals surface area contributed by atoms with Crippen LogP contribution in [0.15, 0.2) is 15.9 Å². The Kier molecular flexibility index (Phi) is 3.60. The van der Waals surface area contributed by atoms with E-state index in [-0.39, 0.29) is 6.10 Å². The molecular weight excluding hydrogens is 296 g/mol. The highest BCUT2D eigenvalue weighted by molar-refractivity contribution is 9.11. The molecule has 17 heavy (non-hydrogen) atoms. The van der Waals surface area contributed by atoms with Gasteiger partial charge in [0.05, 0.1) is 9.89 Å². The molecule has 2 aliphatic carbocycles. The summed E-state index contributed by atoms with van der Waals surface area (Å²) in [5, 5.41) is 10.2. The second-order valence-corrected chi connectivity index (χ2v) is 8.28. The molecule has 1 nitrogen and oxygen atoms in total. The van der Waals surface area contributed by atoms with Gasteiger partial charge in [-0.1, -0.05) is 6.42 Å². The van der Waals surface area contributed by atoms with Crippen LogP contribution in [-0.2, 0) is 6.42 Å². The summed E-state index contributed by atoms with van der Waals surface area (Å²) in [6.45, 7) is 0. The Balaban J connectivity index is 1.52. The molecule has 2 aliphatic rings. The summed E-state index contributed by atoms with van der Waals surface area (Å²) in [7, 11) is 0. The number of aliphatic hydroxyl groups excluding tert-OH is 1. The molecule has 94 valence electrons. The molecule has 0 aliphatic heterocycles. The largest absolute Gasteiger partial charge is 0.393 e. The van der Waals surface area contributed by atoms with Crippen molar-refractivity contribution in [3.8, 4) is 0 Å². The first-order valence-electron chi connectivity index (χ1n) is 6.63. The molecule has 1 aromatic heterocycles. The molecule has 0 radical (unpaired) electrons. The van der Waals surface area contributed by atoms with E-state index in [2.05, 4.69) is 28.1 Å². The third-order valence-electron chi connectivity index (χ3n) is 4.53. The summed E-state index contributed by atoms with van der Waals surface area (Å²) >= 11 is 5.22. The SMILES string of the molecule is OC(Cc1ccc(Br)s1)CC1CC2CCC1C2. The van der Waals surface area contributed by atoms with Crippen molar-refractivity contribution in [2.24, 2.45) is 17.8 Å². The van der Waals surface area contributed by atoms with Crippen molar-refractivity contribution in [1.29, 1.82) is 0 Å². The molecule has 0 saturated heterocycles. The molecule has 2 saturated carbocycles. The maximum absolute atomic E-state index is 10.2. The number of halogens is 1. The topological polar surface area (TPSA) is 20.2 Å². The van der Waals surface area contributed by atoms with Gasteiger partial charge in [-0.05, 0) is 71.5 Å². The lowest BCUT2D eigenvalue weighted by Gasteiger charge is -2.23. The van der Waals surface area contributed by atoms with Crippen LogP contribution in [0.3, 0.4) is 0 Å². The monoisotopic (exact) mass is 314 g/mol. The Labute approximate surface area is 115 Å². The van der Waals surface area contributed by atoms with Crippen LogP contribution in [0.1, 0.15) is 37.0 Å². The molecule has 4 unspecified atom stereocenters. The van der Waals surface area contributed by atoms with Gasteiger partial charge in [0.1, 0.15) is 0 Å². The van der Waals surface area contributed by atoms with E-state index in [1.807, 2.05) is 0 Å². The lowest BCUT2D eigenvalue weighted by molar-refractivity contribution is 0.125. The van der Waals surface area contributed by atoms with Crippen molar-refractivity contribution in [3.63, 3.8) is 0 Å². The van der Waals surface area contributed by atoms with Crippen LogP contribution < -0.4 is 0 Å². The maximum Gasteiger partial charge on any atom is 0.0701 e. The minimum absolute atomic E-state index is 0.134. The van der Waals surface area contributed by atoms with Gasteiger partial charge in [-0.15, -0.1) is 11.3 Å². The van der Waals surface area contributed by atoms with E-state index < -0.39 is 0 Å². The summed E-state index contributed by atoms with van der Waals surface area (Å²) in [5.74, 6) is 2.74. The van der Waals surface area contributed by atoms with Gasteiger partial charge >= 0.3 is 0 Å². The van der Waals surface area contributed by atoms with Gasteiger partial charge in [-0.2, -0.15) is 0 Å². The molecule has 0 spiro atoms. The minimum Gasteiger partial charge on any atom is -0.393 e. The normalized spacial score (nSPS) is 33.2. The average Bonchev–Trinajstić information content (AvgIpc) is 2.95. The third-order valence-corrected chi connectivity index (χ3v) is 6.17. The first kappa shape index (κ1) is 12.2. The first-order chi connectivity index (χ1) is 8.20. The van der Waals surface area contributed by atoms with E-state index in [1.165, 1.54) is 34.3 Å². The summed E-state index contributed by atoms with van der Waals surface area (Å²) in [6.07, 6.45) is 7.44. The standard InChI is InChI=1S/C14H19BrOS/c15-14-4-3-13(17-14)8-12(16)7-11-6-9-1-2-10(11)5-9/h3-4,9-12,16H,1-2,5-8H2. The van der Waals surface area contributed by atoms with E-state index in [9.17, 15) is 5.11 Å². The van der Waals surface area contributed by atoms with Gasteiger partial charge in [-0.25, -0.2) is 0 Å². The lowest BCUT2D eigenvalue weighted by Crippen LogP contribution is -2.19. The molecule has 1 heterocycles. The van der Waals surface area contributed by atoms with E-state index in [0.717, 1.165) is 30.6 Å². The van der Waals surface area contributed by atoms with Crippen molar-refractivity contribution in [1.82, 2.24) is 0 Å². The summed E-state index contributed by atoms with van der Waals surface area (Å²) in [4.78, 5) is 1.30. The van der Waals surface area contributed by atoms with Gasteiger partial charge in [0.2, 0.25) is 0 Å². The number of rotatable bonds is 4. The van der Waals surface area contributed by atoms with Crippen LogP contribution in [0, 0.1) is 17.8 Å². The second kappa shape index (κ2) is 5.02.